The highest BCUT2D eigenvalue weighted by atomic mass is 15.1. The van der Waals surface area contributed by atoms with Gasteiger partial charge < -0.3 is 4.98 Å². The van der Waals surface area contributed by atoms with Gasteiger partial charge in [0.25, 0.3) is 0 Å². The monoisotopic (exact) mass is 150 g/mol. The zero-order chi connectivity index (χ0) is 7.84. The van der Waals surface area contributed by atoms with E-state index < -0.39 is 0 Å². The van der Waals surface area contributed by atoms with Crippen LogP contribution in [0.15, 0.2) is 12.3 Å². The van der Waals surface area contributed by atoms with Gasteiger partial charge in [-0.05, 0) is 25.6 Å². The molecule has 1 aromatic rings. The smallest absolute Gasteiger partial charge is 0.0334 e. The molecule has 0 fully saturated rings. The number of likely N-dealkylation sites (N-methyl/N-ethyl adjacent to an activating group) is 1. The molecule has 0 saturated heterocycles. The fourth-order valence-electron chi connectivity index (χ4n) is 1.74. The molecule has 0 radical (unpaired) electrons. The first-order valence-electron chi connectivity index (χ1n) is 4.15. The SMILES string of the molecule is C[C@H]1c2cc[nH]c2CCN1C. The fraction of sp³-hybridized carbons (Fsp3) is 0.556. The zero-order valence-corrected chi connectivity index (χ0v) is 7.09. The Morgan fingerprint density at radius 2 is 2.45 bits per heavy atom. The summed E-state index contributed by atoms with van der Waals surface area (Å²) < 4.78 is 0. The van der Waals surface area contributed by atoms with Crippen molar-refractivity contribution in [3.05, 3.63) is 23.5 Å². The maximum absolute atomic E-state index is 3.28. The fourth-order valence-corrected chi connectivity index (χ4v) is 1.74. The summed E-state index contributed by atoms with van der Waals surface area (Å²) in [6.45, 7) is 3.43. The van der Waals surface area contributed by atoms with Crippen molar-refractivity contribution in [3.8, 4) is 0 Å². The number of nitrogens with zero attached hydrogens (tertiary/aromatic N) is 1. The third kappa shape index (κ3) is 0.979. The second-order valence-electron chi connectivity index (χ2n) is 3.32. The normalized spacial score (nSPS) is 25.1. The van der Waals surface area contributed by atoms with Crippen LogP contribution in [0.1, 0.15) is 24.2 Å². The molecular weight excluding hydrogens is 136 g/mol. The van der Waals surface area contributed by atoms with Gasteiger partial charge >= 0.3 is 0 Å². The molecule has 1 aromatic heterocycles. The third-order valence-corrected chi connectivity index (χ3v) is 2.69. The first kappa shape index (κ1) is 6.92. The number of H-pyrrole nitrogens is 1. The van der Waals surface area contributed by atoms with E-state index in [9.17, 15) is 0 Å². The highest BCUT2D eigenvalue weighted by molar-refractivity contribution is 5.26. The van der Waals surface area contributed by atoms with Crippen molar-refractivity contribution in [3.63, 3.8) is 0 Å². The molecule has 1 aliphatic rings. The predicted molar refractivity (Wildman–Crippen MR) is 45.5 cm³/mol. The van der Waals surface area contributed by atoms with Gasteiger partial charge in [0.05, 0.1) is 0 Å². The summed E-state index contributed by atoms with van der Waals surface area (Å²) in [5, 5.41) is 0. The van der Waals surface area contributed by atoms with Crippen LogP contribution >= 0.6 is 0 Å². The Kier molecular flexibility index (Phi) is 1.50. The number of rotatable bonds is 0. The number of aromatic nitrogens is 1. The molecule has 0 spiro atoms. The lowest BCUT2D eigenvalue weighted by Gasteiger charge is -2.29. The van der Waals surface area contributed by atoms with Gasteiger partial charge in [0.15, 0.2) is 0 Å². The topological polar surface area (TPSA) is 19.0 Å². The summed E-state index contributed by atoms with van der Waals surface area (Å²) in [7, 11) is 2.18. The van der Waals surface area contributed by atoms with E-state index in [1.165, 1.54) is 24.2 Å². The van der Waals surface area contributed by atoms with Crippen molar-refractivity contribution in [2.75, 3.05) is 13.6 Å². The van der Waals surface area contributed by atoms with Gasteiger partial charge in [-0.1, -0.05) is 0 Å². The van der Waals surface area contributed by atoms with E-state index in [1.807, 2.05) is 6.20 Å². The predicted octanol–water partition coefficient (Wildman–Crippen LogP) is 1.56. The molecule has 1 atom stereocenters. The van der Waals surface area contributed by atoms with Crippen molar-refractivity contribution in [2.24, 2.45) is 0 Å². The summed E-state index contributed by atoms with van der Waals surface area (Å²) in [6.07, 6.45) is 3.21. The molecule has 2 heteroatoms. The van der Waals surface area contributed by atoms with E-state index in [-0.39, 0.29) is 0 Å². The van der Waals surface area contributed by atoms with Gasteiger partial charge in [0, 0.05) is 30.9 Å². The Balaban J connectivity index is 2.38. The minimum atomic E-state index is 0.588. The Morgan fingerprint density at radius 3 is 3.27 bits per heavy atom. The molecule has 0 bridgehead atoms. The molecule has 60 valence electrons. The Hall–Kier alpha value is -0.760. The first-order chi connectivity index (χ1) is 5.29. The summed E-state index contributed by atoms with van der Waals surface area (Å²) in [4.78, 5) is 5.67. The summed E-state index contributed by atoms with van der Waals surface area (Å²) in [5.74, 6) is 0. The lowest BCUT2D eigenvalue weighted by molar-refractivity contribution is 0.247. The van der Waals surface area contributed by atoms with E-state index in [0.29, 0.717) is 6.04 Å². The van der Waals surface area contributed by atoms with Crippen LogP contribution in [-0.4, -0.2) is 23.5 Å². The highest BCUT2D eigenvalue weighted by Gasteiger charge is 2.20. The van der Waals surface area contributed by atoms with E-state index in [4.69, 9.17) is 0 Å². The standard InChI is InChI=1S/C9H14N2/c1-7-8-3-5-10-9(8)4-6-11(7)2/h3,5,7,10H,4,6H2,1-2H3/t7-/m0/s1. The van der Waals surface area contributed by atoms with Crippen LogP contribution in [-0.2, 0) is 6.42 Å². The molecule has 0 aromatic carbocycles. The molecule has 2 heterocycles. The van der Waals surface area contributed by atoms with Crippen molar-refractivity contribution in [2.45, 2.75) is 19.4 Å². The van der Waals surface area contributed by atoms with Crippen molar-refractivity contribution in [1.29, 1.82) is 0 Å². The average Bonchev–Trinajstić information content (AvgIpc) is 2.45. The lowest BCUT2D eigenvalue weighted by Crippen LogP contribution is -2.29. The van der Waals surface area contributed by atoms with Crippen LogP contribution in [0.3, 0.4) is 0 Å². The molecule has 0 saturated carbocycles. The highest BCUT2D eigenvalue weighted by Crippen LogP contribution is 2.26. The first-order valence-corrected chi connectivity index (χ1v) is 4.15. The second kappa shape index (κ2) is 2.38. The summed E-state index contributed by atoms with van der Waals surface area (Å²) >= 11 is 0. The second-order valence-corrected chi connectivity index (χ2v) is 3.32. The van der Waals surface area contributed by atoms with Crippen LogP contribution in [0.25, 0.3) is 0 Å². The largest absolute Gasteiger partial charge is 0.365 e. The minimum absolute atomic E-state index is 0.588. The van der Waals surface area contributed by atoms with Crippen LogP contribution in [0.5, 0.6) is 0 Å². The number of nitrogens with one attached hydrogen (secondary N) is 1. The summed E-state index contributed by atoms with van der Waals surface area (Å²) in [6, 6.07) is 2.78. The Bertz CT molecular complexity index is 252. The maximum atomic E-state index is 3.28. The Labute approximate surface area is 67.2 Å². The number of hydrogen-bond donors (Lipinski definition) is 1. The van der Waals surface area contributed by atoms with Crippen LogP contribution in [0.2, 0.25) is 0 Å². The quantitative estimate of drug-likeness (QED) is 0.594. The molecule has 0 amide bonds. The minimum Gasteiger partial charge on any atom is -0.365 e. The Morgan fingerprint density at radius 1 is 1.64 bits per heavy atom. The van der Waals surface area contributed by atoms with Crippen molar-refractivity contribution >= 4 is 0 Å². The van der Waals surface area contributed by atoms with Gasteiger partial charge in [0.1, 0.15) is 0 Å². The maximum Gasteiger partial charge on any atom is 0.0334 e. The van der Waals surface area contributed by atoms with Gasteiger partial charge in [-0.2, -0.15) is 0 Å². The van der Waals surface area contributed by atoms with E-state index in [2.05, 4.69) is 29.9 Å². The number of hydrogen-bond acceptors (Lipinski definition) is 1. The molecule has 0 aliphatic carbocycles. The van der Waals surface area contributed by atoms with E-state index >= 15 is 0 Å². The molecule has 2 nitrogen and oxygen atoms in total. The average molecular weight is 150 g/mol. The van der Waals surface area contributed by atoms with Crippen LogP contribution < -0.4 is 0 Å². The summed E-state index contributed by atoms with van der Waals surface area (Å²) in [5.41, 5.74) is 2.90. The number of fused-ring (bicyclic) bond motifs is 1. The molecule has 11 heavy (non-hydrogen) atoms. The molecule has 1 aliphatic heterocycles. The lowest BCUT2D eigenvalue weighted by atomic mass is 10.0. The zero-order valence-electron chi connectivity index (χ0n) is 7.09. The van der Waals surface area contributed by atoms with Gasteiger partial charge in [-0.25, -0.2) is 0 Å². The van der Waals surface area contributed by atoms with Crippen LogP contribution in [0, 0.1) is 0 Å². The van der Waals surface area contributed by atoms with E-state index in [1.54, 1.807) is 0 Å². The molecule has 1 N–H and O–H groups in total. The van der Waals surface area contributed by atoms with Crippen LogP contribution in [0.4, 0.5) is 0 Å². The molecule has 0 unspecified atom stereocenters. The van der Waals surface area contributed by atoms with Crippen molar-refractivity contribution < 1.29 is 0 Å². The third-order valence-electron chi connectivity index (χ3n) is 2.69. The molecule has 2 rings (SSSR count). The van der Waals surface area contributed by atoms with Gasteiger partial charge in [-0.3, -0.25) is 4.90 Å². The van der Waals surface area contributed by atoms with E-state index in [0.717, 1.165) is 0 Å². The molecular formula is C9H14N2. The number of aromatic amines is 1. The van der Waals surface area contributed by atoms with Gasteiger partial charge in [0.2, 0.25) is 0 Å². The van der Waals surface area contributed by atoms with Crippen molar-refractivity contribution in [1.82, 2.24) is 9.88 Å². The van der Waals surface area contributed by atoms with Gasteiger partial charge in [-0.15, -0.1) is 0 Å².